The smallest absolute Gasteiger partial charge is 0.0494 e. The Kier molecular flexibility index (Phi) is 3.97. The van der Waals surface area contributed by atoms with Crippen LogP contribution in [-0.4, -0.2) is 0 Å². The van der Waals surface area contributed by atoms with Crippen molar-refractivity contribution in [3.63, 3.8) is 0 Å². The van der Waals surface area contributed by atoms with Gasteiger partial charge in [0.2, 0.25) is 0 Å². The molecule has 0 aliphatic rings. The van der Waals surface area contributed by atoms with Crippen LogP contribution in [0.1, 0.15) is 20.9 Å². The van der Waals surface area contributed by atoms with Crippen LogP contribution in [0.5, 0.6) is 0 Å². The Labute approximate surface area is 120 Å². The highest BCUT2D eigenvalue weighted by Crippen LogP contribution is 2.29. The fraction of sp³-hybridized carbons (Fsp3) is 0.286. The van der Waals surface area contributed by atoms with Gasteiger partial charge in [0.15, 0.2) is 0 Å². The van der Waals surface area contributed by atoms with E-state index < -0.39 is 0 Å². The highest BCUT2D eigenvalue weighted by Gasteiger charge is 2.05. The zero-order valence-corrected chi connectivity index (χ0v) is 13.2. The lowest BCUT2D eigenvalue weighted by atomic mass is 10.2. The maximum absolute atomic E-state index is 5.86. The molecule has 2 rings (SSSR count). The molecular formula is C14H17BrN2S. The summed E-state index contributed by atoms with van der Waals surface area (Å²) in [5.74, 6) is 0. The number of halogens is 1. The number of nitrogen functional groups attached to an aromatic ring is 1. The molecule has 0 bridgehead atoms. The summed E-state index contributed by atoms with van der Waals surface area (Å²) < 4.78 is 1.01. The number of aryl methyl sites for hydroxylation is 3. The Hall–Kier alpha value is -1.00. The molecule has 18 heavy (non-hydrogen) atoms. The summed E-state index contributed by atoms with van der Waals surface area (Å²) in [5, 5.41) is 3.45. The van der Waals surface area contributed by atoms with E-state index in [1.807, 2.05) is 24.3 Å². The summed E-state index contributed by atoms with van der Waals surface area (Å²) in [6, 6.07) is 6.26. The van der Waals surface area contributed by atoms with E-state index in [9.17, 15) is 0 Å². The second kappa shape index (κ2) is 5.33. The van der Waals surface area contributed by atoms with Gasteiger partial charge in [0.05, 0.1) is 0 Å². The van der Waals surface area contributed by atoms with Crippen LogP contribution in [0, 0.1) is 20.8 Å². The minimum absolute atomic E-state index is 0.815. The topological polar surface area (TPSA) is 38.0 Å². The van der Waals surface area contributed by atoms with Crippen molar-refractivity contribution in [2.24, 2.45) is 0 Å². The Bertz CT molecular complexity index is 556. The summed E-state index contributed by atoms with van der Waals surface area (Å²) in [6.45, 7) is 7.18. The van der Waals surface area contributed by atoms with Crippen molar-refractivity contribution in [2.45, 2.75) is 27.3 Å². The average Bonchev–Trinajstić information content (AvgIpc) is 2.62. The molecule has 0 aliphatic carbocycles. The van der Waals surface area contributed by atoms with Gasteiger partial charge in [-0.3, -0.25) is 0 Å². The zero-order chi connectivity index (χ0) is 13.3. The van der Waals surface area contributed by atoms with Gasteiger partial charge in [-0.1, -0.05) is 0 Å². The number of nitrogens with two attached hydrogens (primary N) is 1. The van der Waals surface area contributed by atoms with Crippen molar-refractivity contribution in [3.8, 4) is 0 Å². The Balaban J connectivity index is 2.13. The van der Waals surface area contributed by atoms with Crippen molar-refractivity contribution in [1.82, 2.24) is 0 Å². The van der Waals surface area contributed by atoms with Gasteiger partial charge in [0.25, 0.3) is 0 Å². The minimum atomic E-state index is 0.815. The average molecular weight is 325 g/mol. The molecular weight excluding hydrogens is 308 g/mol. The molecule has 0 fully saturated rings. The van der Waals surface area contributed by atoms with Crippen molar-refractivity contribution < 1.29 is 0 Å². The molecule has 2 aromatic rings. The number of benzene rings is 1. The first-order chi connectivity index (χ1) is 8.47. The van der Waals surface area contributed by atoms with Crippen molar-refractivity contribution in [3.05, 3.63) is 43.6 Å². The maximum Gasteiger partial charge on any atom is 0.0494 e. The number of thiophene rings is 1. The molecule has 0 saturated heterocycles. The molecule has 1 aromatic carbocycles. The summed E-state index contributed by atoms with van der Waals surface area (Å²) in [4.78, 5) is 2.74. The molecule has 3 N–H and O–H groups in total. The highest BCUT2D eigenvalue weighted by atomic mass is 79.9. The van der Waals surface area contributed by atoms with E-state index in [0.29, 0.717) is 0 Å². The molecule has 0 spiro atoms. The number of hydrogen-bond acceptors (Lipinski definition) is 3. The van der Waals surface area contributed by atoms with Crippen molar-refractivity contribution in [1.29, 1.82) is 0 Å². The molecule has 4 heteroatoms. The van der Waals surface area contributed by atoms with Crippen LogP contribution in [0.3, 0.4) is 0 Å². The van der Waals surface area contributed by atoms with Gasteiger partial charge in [-0.05, 0) is 66.0 Å². The molecule has 0 aliphatic heterocycles. The third kappa shape index (κ3) is 2.87. The van der Waals surface area contributed by atoms with Gasteiger partial charge in [-0.25, -0.2) is 0 Å². The largest absolute Gasteiger partial charge is 0.398 e. The molecule has 0 unspecified atom stereocenters. The van der Waals surface area contributed by atoms with Gasteiger partial charge >= 0.3 is 0 Å². The first kappa shape index (κ1) is 13.4. The number of hydrogen-bond donors (Lipinski definition) is 2. The van der Waals surface area contributed by atoms with E-state index in [2.05, 4.69) is 47.2 Å². The summed E-state index contributed by atoms with van der Waals surface area (Å²) in [5.41, 5.74) is 10.2. The summed E-state index contributed by atoms with van der Waals surface area (Å²) in [7, 11) is 0. The van der Waals surface area contributed by atoms with Crippen LogP contribution in [-0.2, 0) is 6.54 Å². The van der Waals surface area contributed by atoms with Gasteiger partial charge in [-0.2, -0.15) is 0 Å². The molecule has 0 radical (unpaired) electrons. The van der Waals surface area contributed by atoms with Crippen LogP contribution < -0.4 is 11.1 Å². The van der Waals surface area contributed by atoms with Crippen molar-refractivity contribution in [2.75, 3.05) is 11.1 Å². The third-order valence-electron chi connectivity index (χ3n) is 3.03. The van der Waals surface area contributed by atoms with Gasteiger partial charge in [-0.15, -0.1) is 11.3 Å². The second-order valence-electron chi connectivity index (χ2n) is 4.49. The monoisotopic (exact) mass is 324 g/mol. The first-order valence-corrected chi connectivity index (χ1v) is 7.43. The van der Waals surface area contributed by atoms with Gasteiger partial charge < -0.3 is 11.1 Å². The lowest BCUT2D eigenvalue weighted by Crippen LogP contribution is -2.00. The minimum Gasteiger partial charge on any atom is -0.398 e. The first-order valence-electron chi connectivity index (χ1n) is 5.83. The fourth-order valence-corrected chi connectivity index (χ4v) is 3.25. The Morgan fingerprint density at radius 2 is 1.89 bits per heavy atom. The fourth-order valence-electron chi connectivity index (χ4n) is 1.75. The van der Waals surface area contributed by atoms with E-state index in [4.69, 9.17) is 5.73 Å². The number of anilines is 2. The SMILES string of the molecule is Cc1cc(NCc2cc(C)c(C)s2)c(Br)cc1N. The number of nitrogens with one attached hydrogen (secondary N) is 1. The molecule has 0 amide bonds. The third-order valence-corrected chi connectivity index (χ3v) is 4.83. The highest BCUT2D eigenvalue weighted by molar-refractivity contribution is 9.10. The predicted octanol–water partition coefficient (Wildman–Crippen LogP) is 4.63. The van der Waals surface area contributed by atoms with Crippen LogP contribution in [0.4, 0.5) is 11.4 Å². The van der Waals surface area contributed by atoms with Crippen LogP contribution in [0.15, 0.2) is 22.7 Å². The van der Waals surface area contributed by atoms with E-state index in [-0.39, 0.29) is 0 Å². The van der Waals surface area contributed by atoms with Crippen molar-refractivity contribution >= 4 is 38.6 Å². The number of rotatable bonds is 3. The summed E-state index contributed by atoms with van der Waals surface area (Å²) >= 11 is 5.38. The molecule has 2 nitrogen and oxygen atoms in total. The quantitative estimate of drug-likeness (QED) is 0.808. The molecule has 0 saturated carbocycles. The van der Waals surface area contributed by atoms with E-state index in [1.54, 1.807) is 0 Å². The lowest BCUT2D eigenvalue weighted by molar-refractivity contribution is 1.18. The molecule has 1 heterocycles. The van der Waals surface area contributed by atoms with Gasteiger partial charge in [0.1, 0.15) is 0 Å². The second-order valence-corrected chi connectivity index (χ2v) is 6.69. The van der Waals surface area contributed by atoms with E-state index in [0.717, 1.165) is 28.0 Å². The lowest BCUT2D eigenvalue weighted by Gasteiger charge is -2.10. The Morgan fingerprint density at radius 3 is 2.50 bits per heavy atom. The summed E-state index contributed by atoms with van der Waals surface area (Å²) in [6.07, 6.45) is 0. The standard InChI is InChI=1S/C14H17BrN2S/c1-8-4-11(18-10(8)3)7-17-14-5-9(2)13(16)6-12(14)15/h4-6,17H,7,16H2,1-3H3. The van der Waals surface area contributed by atoms with E-state index >= 15 is 0 Å². The predicted molar refractivity (Wildman–Crippen MR) is 84.4 cm³/mol. The van der Waals surface area contributed by atoms with E-state index in [1.165, 1.54) is 15.3 Å². The molecule has 0 atom stereocenters. The normalized spacial score (nSPS) is 10.7. The van der Waals surface area contributed by atoms with Crippen LogP contribution in [0.2, 0.25) is 0 Å². The Morgan fingerprint density at radius 1 is 1.17 bits per heavy atom. The van der Waals surface area contributed by atoms with Gasteiger partial charge in [0, 0.05) is 32.1 Å². The molecule has 96 valence electrons. The maximum atomic E-state index is 5.86. The van der Waals surface area contributed by atoms with Crippen LogP contribution in [0.25, 0.3) is 0 Å². The zero-order valence-electron chi connectivity index (χ0n) is 10.8. The van der Waals surface area contributed by atoms with Crippen LogP contribution >= 0.6 is 27.3 Å². The molecule has 1 aromatic heterocycles.